The van der Waals surface area contributed by atoms with Crippen LogP contribution < -0.4 is 5.32 Å². The van der Waals surface area contributed by atoms with E-state index in [4.69, 9.17) is 28.4 Å². The number of fused-ring (bicyclic) bond motifs is 3. The maximum absolute atomic E-state index is 14.6. The Hall–Kier alpha value is -3.94. The largest absolute Gasteiger partial charge is 0.460 e. The Kier molecular flexibility index (Phi) is 24.5. The van der Waals surface area contributed by atoms with Crippen LogP contribution in [-0.4, -0.2) is 157 Å². The molecule has 17 heteroatoms. The number of hydrogen-bond donors (Lipinski definition) is 4. The number of Topliss-reactive ketones (excluding diaryl/α,β-unsaturated/α-hetero) is 3. The van der Waals surface area contributed by atoms with E-state index in [1.165, 1.54) is 12.0 Å². The topological polar surface area (TPSA) is 234 Å². The van der Waals surface area contributed by atoms with Gasteiger partial charge in [0.2, 0.25) is 11.7 Å². The van der Waals surface area contributed by atoms with Crippen LogP contribution in [0.2, 0.25) is 0 Å². The molecule has 75 heavy (non-hydrogen) atoms. The monoisotopic (exact) mass is 1050 g/mol. The average molecular weight is 1060 g/mol. The van der Waals surface area contributed by atoms with Crippen molar-refractivity contribution in [3.63, 3.8) is 0 Å². The predicted octanol–water partition coefficient (Wildman–Crippen LogP) is 6.09. The fraction of sp³-hybridized carbons (Fsp3) is 0.759. The second-order valence-corrected chi connectivity index (χ2v) is 22.4. The Balaban J connectivity index is 1.47. The van der Waals surface area contributed by atoms with Crippen molar-refractivity contribution in [1.29, 1.82) is 0 Å². The Morgan fingerprint density at radius 2 is 1.61 bits per heavy atom. The highest BCUT2D eigenvalue weighted by Crippen LogP contribution is 2.38. The van der Waals surface area contributed by atoms with Gasteiger partial charge in [0.25, 0.3) is 11.7 Å². The van der Waals surface area contributed by atoms with Crippen molar-refractivity contribution in [3.8, 4) is 0 Å². The van der Waals surface area contributed by atoms with Gasteiger partial charge < -0.3 is 54.0 Å². The molecular weight excluding hydrogens is 965 g/mol. The van der Waals surface area contributed by atoms with Crippen molar-refractivity contribution >= 4 is 35.1 Å². The summed E-state index contributed by atoms with van der Waals surface area (Å²) < 4.78 is 36.4. The van der Waals surface area contributed by atoms with E-state index in [9.17, 15) is 44.1 Å². The van der Waals surface area contributed by atoms with Crippen LogP contribution in [-0.2, 0) is 57.2 Å². The number of hydrogen-bond acceptors (Lipinski definition) is 15. The third kappa shape index (κ3) is 17.0. The molecule has 0 spiro atoms. The first-order valence-electron chi connectivity index (χ1n) is 27.8. The number of cyclic esters (lactones) is 1. The minimum absolute atomic E-state index is 0.00374. The fourth-order valence-electron chi connectivity index (χ4n) is 11.7. The van der Waals surface area contributed by atoms with E-state index in [0.717, 1.165) is 18.4 Å². The Labute approximate surface area is 445 Å². The Morgan fingerprint density at radius 1 is 0.853 bits per heavy atom. The first kappa shape index (κ1) is 61.9. The molecule has 4 fully saturated rings. The summed E-state index contributed by atoms with van der Waals surface area (Å²) in [5.74, 6) is -8.44. The Morgan fingerprint density at radius 3 is 2.31 bits per heavy atom. The van der Waals surface area contributed by atoms with Gasteiger partial charge in [-0.05, 0) is 120 Å². The Bertz CT molecular complexity index is 2050. The first-order chi connectivity index (χ1) is 35.7. The standard InChI is InChI=1S/C58H90N2O15/c1-35-15-11-10-12-16-36(2)48(72-27-23-43-22-24-59-55(43)66)33-44-20-18-41(7)58(69,75-44)54(65)56(67)60-25-14-13-17-45(60)57(68)74-49(38(4)31-42-19-21-47(73-28-26-61)50(32-42)70-8)34-46(62)37(3)30-40(6)52(64)53(71-9)51(63)39(5)29-35/h10-12,15-16,30,35,37-39,41-45,47-50,52-53,61,64,69H,13-14,17-29,31-34H2,1-9H3,(H,59,66)/b12-10+,15-11+,36-16+,40-30+/t35-,37-,38-,39-,41-,42+,43?,44+,45+,47-,48?,49+,50-,52-,53+,58-/m1/s1. The van der Waals surface area contributed by atoms with Crippen molar-refractivity contribution in [2.45, 2.75) is 193 Å². The molecule has 1 aliphatic carbocycles. The smallest absolute Gasteiger partial charge is 0.329 e. The van der Waals surface area contributed by atoms with Gasteiger partial charge in [-0.25, -0.2) is 4.79 Å². The lowest BCUT2D eigenvalue weighted by Gasteiger charge is -2.43. The summed E-state index contributed by atoms with van der Waals surface area (Å²) in [6.45, 7) is 13.7. The van der Waals surface area contributed by atoms with Gasteiger partial charge in [0, 0.05) is 70.4 Å². The number of aliphatic hydroxyl groups excluding tert-OH is 2. The van der Waals surface area contributed by atoms with Gasteiger partial charge in [-0.1, -0.05) is 71.1 Å². The lowest BCUT2D eigenvalue weighted by atomic mass is 9.78. The number of esters is 1. The van der Waals surface area contributed by atoms with Crippen molar-refractivity contribution < 1.29 is 72.5 Å². The SMILES string of the molecule is CO[C@@H]1C[C@H](C[C@@H](C)[C@@H]2CC(=O)[C@H](C)/C=C(\C)[C@@H](O)[C@@H](OC)C(=O)[C@H](C)C[C@H](C)/C=C/C=C/C=C(\C)C(OCCC3CCNC3=O)C[C@@H]3CC[C@@H](C)[C@@](O)(O3)C(=O)C(=O)N3CCCC[C@H]3C(=O)O2)CC[C@H]1OCCO. The number of carbonyl (C=O) groups is 6. The molecule has 2 amide bonds. The number of ketones is 3. The van der Waals surface area contributed by atoms with E-state index in [1.807, 2.05) is 58.1 Å². The van der Waals surface area contributed by atoms with E-state index >= 15 is 0 Å². The molecule has 4 aliphatic heterocycles. The van der Waals surface area contributed by atoms with Crippen LogP contribution in [0.15, 0.2) is 47.6 Å². The number of aliphatic hydroxyl groups is 3. The predicted molar refractivity (Wildman–Crippen MR) is 281 cm³/mol. The van der Waals surface area contributed by atoms with Crippen LogP contribution in [0.25, 0.3) is 0 Å². The molecule has 2 unspecified atom stereocenters. The van der Waals surface area contributed by atoms with Gasteiger partial charge >= 0.3 is 5.97 Å². The summed E-state index contributed by atoms with van der Waals surface area (Å²) in [4.78, 5) is 85.3. The van der Waals surface area contributed by atoms with E-state index in [1.54, 1.807) is 34.0 Å². The van der Waals surface area contributed by atoms with Crippen LogP contribution in [0.5, 0.6) is 0 Å². The summed E-state index contributed by atoms with van der Waals surface area (Å²) in [6.07, 6.45) is 12.6. The number of carbonyl (C=O) groups excluding carboxylic acids is 6. The zero-order valence-corrected chi connectivity index (χ0v) is 46.2. The highest BCUT2D eigenvalue weighted by atomic mass is 16.6. The number of methoxy groups -OCH3 is 2. The third-order valence-corrected chi connectivity index (χ3v) is 16.5. The molecule has 0 aromatic heterocycles. The molecule has 16 atom stereocenters. The van der Waals surface area contributed by atoms with E-state index in [2.05, 4.69) is 5.32 Å². The summed E-state index contributed by atoms with van der Waals surface area (Å²) in [5.41, 5.74) is 1.21. The minimum Gasteiger partial charge on any atom is -0.460 e. The van der Waals surface area contributed by atoms with Crippen LogP contribution in [0.3, 0.4) is 0 Å². The lowest BCUT2D eigenvalue weighted by molar-refractivity contribution is -0.266. The zero-order chi connectivity index (χ0) is 55.0. The van der Waals surface area contributed by atoms with Gasteiger partial charge in [-0.2, -0.15) is 0 Å². The van der Waals surface area contributed by atoms with E-state index < -0.39 is 77.8 Å². The van der Waals surface area contributed by atoms with Crippen molar-refractivity contribution in [3.05, 3.63) is 47.6 Å². The lowest BCUT2D eigenvalue weighted by Crippen LogP contribution is -2.61. The molecule has 422 valence electrons. The van der Waals surface area contributed by atoms with Crippen molar-refractivity contribution in [1.82, 2.24) is 10.2 Å². The van der Waals surface area contributed by atoms with Crippen LogP contribution in [0, 0.1) is 41.4 Å². The summed E-state index contributed by atoms with van der Waals surface area (Å²) in [5, 5.41) is 36.0. The first-order valence-corrected chi connectivity index (χ1v) is 27.8. The molecule has 3 saturated heterocycles. The molecule has 17 nitrogen and oxygen atoms in total. The highest BCUT2D eigenvalue weighted by molar-refractivity contribution is 6.39. The summed E-state index contributed by atoms with van der Waals surface area (Å²) in [7, 11) is 3.00. The summed E-state index contributed by atoms with van der Waals surface area (Å²) in [6, 6.07) is -1.18. The summed E-state index contributed by atoms with van der Waals surface area (Å²) >= 11 is 0. The zero-order valence-electron chi connectivity index (χ0n) is 46.2. The molecule has 5 aliphatic rings. The highest BCUT2D eigenvalue weighted by Gasteiger charge is 2.53. The minimum atomic E-state index is -2.49. The van der Waals surface area contributed by atoms with E-state index in [0.29, 0.717) is 69.9 Å². The molecular formula is C58H90N2O15. The van der Waals surface area contributed by atoms with Crippen molar-refractivity contribution in [2.24, 2.45) is 41.4 Å². The van der Waals surface area contributed by atoms with E-state index in [-0.39, 0.29) is 99.0 Å². The number of allylic oxidation sites excluding steroid dienone is 6. The molecule has 4 heterocycles. The average Bonchev–Trinajstić information content (AvgIpc) is 3.81. The second kappa shape index (κ2) is 29.7. The molecule has 1 saturated carbocycles. The third-order valence-electron chi connectivity index (χ3n) is 16.5. The number of nitrogens with one attached hydrogen (secondary N) is 1. The normalized spacial score (nSPS) is 38.6. The van der Waals surface area contributed by atoms with Gasteiger partial charge in [-0.15, -0.1) is 0 Å². The van der Waals surface area contributed by atoms with Gasteiger partial charge in [0.15, 0.2) is 5.78 Å². The second-order valence-electron chi connectivity index (χ2n) is 22.4. The molecule has 0 aromatic rings. The van der Waals surface area contributed by atoms with Gasteiger partial charge in [-0.3, -0.25) is 24.0 Å². The number of amides is 2. The van der Waals surface area contributed by atoms with Crippen LogP contribution >= 0.6 is 0 Å². The van der Waals surface area contributed by atoms with Gasteiger partial charge in [0.05, 0.1) is 37.6 Å². The van der Waals surface area contributed by atoms with Crippen LogP contribution in [0.4, 0.5) is 0 Å². The number of rotatable bonds is 12. The number of nitrogens with zero attached hydrogens (tertiary/aromatic N) is 1. The van der Waals surface area contributed by atoms with Crippen molar-refractivity contribution in [2.75, 3.05) is 47.1 Å². The van der Waals surface area contributed by atoms with Crippen LogP contribution in [0.1, 0.15) is 138 Å². The molecule has 0 aromatic carbocycles. The quantitative estimate of drug-likeness (QED) is 0.0984. The number of ether oxygens (including phenoxy) is 6. The molecule has 0 radical (unpaired) electrons. The fourth-order valence-corrected chi connectivity index (χ4v) is 11.7. The molecule has 5 rings (SSSR count). The maximum atomic E-state index is 14.6. The maximum Gasteiger partial charge on any atom is 0.329 e. The molecule has 2 bridgehead atoms. The molecule has 4 N–H and O–H groups in total. The number of piperidine rings is 1. The van der Waals surface area contributed by atoms with Gasteiger partial charge in [0.1, 0.15) is 30.1 Å².